The monoisotopic (exact) mass is 414 g/mol. The van der Waals surface area contributed by atoms with Gasteiger partial charge in [-0.1, -0.05) is 37.3 Å². The topological polar surface area (TPSA) is 78.8 Å². The Balaban J connectivity index is 1.32. The van der Waals surface area contributed by atoms with Gasteiger partial charge < -0.3 is 10.2 Å². The average molecular weight is 415 g/mol. The lowest BCUT2D eigenvalue weighted by Crippen LogP contribution is -2.32. The number of hydrogen-bond donors (Lipinski definition) is 2. The van der Waals surface area contributed by atoms with Crippen LogP contribution in [-0.2, 0) is 6.54 Å². The lowest BCUT2D eigenvalue weighted by Gasteiger charge is -2.32. The zero-order valence-electron chi connectivity index (χ0n) is 17.6. The zero-order chi connectivity index (χ0) is 21.2. The molecule has 2 aromatic heterocycles. The fourth-order valence-electron chi connectivity index (χ4n) is 4.04. The SMILES string of the molecule is CC1CCN(c2ccc(CNc3nc4c(cnn4-c4ccccc4)c(=O)[nH]3)cc2)CC1. The van der Waals surface area contributed by atoms with Crippen molar-refractivity contribution in [1.82, 2.24) is 19.7 Å². The molecule has 0 aliphatic carbocycles. The largest absolute Gasteiger partial charge is 0.372 e. The smallest absolute Gasteiger partial charge is 0.263 e. The summed E-state index contributed by atoms with van der Waals surface area (Å²) in [7, 11) is 0. The van der Waals surface area contributed by atoms with Crippen molar-refractivity contribution >= 4 is 22.7 Å². The van der Waals surface area contributed by atoms with Crippen LogP contribution in [0.5, 0.6) is 0 Å². The minimum absolute atomic E-state index is 0.204. The molecule has 1 aliphatic rings. The van der Waals surface area contributed by atoms with E-state index in [0.29, 0.717) is 23.5 Å². The quantitative estimate of drug-likeness (QED) is 0.517. The number of benzene rings is 2. The van der Waals surface area contributed by atoms with Crippen molar-refractivity contribution in [2.75, 3.05) is 23.3 Å². The first-order valence-corrected chi connectivity index (χ1v) is 10.8. The number of para-hydroxylation sites is 1. The Kier molecular flexibility index (Phi) is 5.16. The third kappa shape index (κ3) is 4.03. The van der Waals surface area contributed by atoms with Gasteiger partial charge in [0.2, 0.25) is 5.95 Å². The predicted molar refractivity (Wildman–Crippen MR) is 124 cm³/mol. The molecule has 0 spiro atoms. The van der Waals surface area contributed by atoms with E-state index in [1.165, 1.54) is 18.5 Å². The maximum Gasteiger partial charge on any atom is 0.263 e. The van der Waals surface area contributed by atoms with E-state index in [-0.39, 0.29) is 5.56 Å². The molecule has 0 unspecified atom stereocenters. The number of piperidine rings is 1. The fraction of sp³-hybridized carbons (Fsp3) is 0.292. The average Bonchev–Trinajstić information content (AvgIpc) is 3.24. The highest BCUT2D eigenvalue weighted by atomic mass is 16.1. The molecule has 0 atom stereocenters. The summed E-state index contributed by atoms with van der Waals surface area (Å²) in [5.41, 5.74) is 3.60. The Morgan fingerprint density at radius 2 is 1.77 bits per heavy atom. The van der Waals surface area contributed by atoms with Crippen LogP contribution in [0.15, 0.2) is 65.6 Å². The van der Waals surface area contributed by atoms with E-state index in [1.807, 2.05) is 30.3 Å². The lowest BCUT2D eigenvalue weighted by molar-refractivity contribution is 0.438. The summed E-state index contributed by atoms with van der Waals surface area (Å²) in [5.74, 6) is 1.26. The second-order valence-corrected chi connectivity index (χ2v) is 8.23. The van der Waals surface area contributed by atoms with E-state index in [2.05, 4.69) is 56.5 Å². The van der Waals surface area contributed by atoms with Crippen LogP contribution in [0.1, 0.15) is 25.3 Å². The second kappa shape index (κ2) is 8.26. The summed E-state index contributed by atoms with van der Waals surface area (Å²) in [6.07, 6.45) is 4.06. The van der Waals surface area contributed by atoms with E-state index in [0.717, 1.165) is 30.3 Å². The van der Waals surface area contributed by atoms with Gasteiger partial charge in [-0.2, -0.15) is 10.1 Å². The molecule has 4 aromatic rings. The molecule has 3 heterocycles. The molecule has 0 bridgehead atoms. The van der Waals surface area contributed by atoms with Crippen molar-refractivity contribution < 1.29 is 0 Å². The molecular formula is C24H26N6O. The maximum absolute atomic E-state index is 12.5. The van der Waals surface area contributed by atoms with Crippen molar-refractivity contribution in [3.05, 3.63) is 76.7 Å². The van der Waals surface area contributed by atoms with Gasteiger partial charge in [-0.3, -0.25) is 9.78 Å². The number of hydrogen-bond acceptors (Lipinski definition) is 5. The molecule has 1 saturated heterocycles. The summed E-state index contributed by atoms with van der Waals surface area (Å²) in [6.45, 7) is 5.15. The van der Waals surface area contributed by atoms with Gasteiger partial charge in [0.05, 0.1) is 11.9 Å². The Labute approximate surface area is 180 Å². The summed E-state index contributed by atoms with van der Waals surface area (Å²) in [6, 6.07) is 18.3. The molecule has 2 N–H and O–H groups in total. The molecule has 2 aromatic carbocycles. The Bertz CT molecular complexity index is 1220. The van der Waals surface area contributed by atoms with Crippen LogP contribution in [0.4, 0.5) is 11.6 Å². The van der Waals surface area contributed by atoms with Crippen LogP contribution in [0.3, 0.4) is 0 Å². The van der Waals surface area contributed by atoms with Crippen molar-refractivity contribution in [1.29, 1.82) is 0 Å². The maximum atomic E-state index is 12.5. The number of aromatic nitrogens is 4. The minimum atomic E-state index is -0.204. The normalized spacial score (nSPS) is 14.8. The number of H-pyrrole nitrogens is 1. The molecule has 158 valence electrons. The van der Waals surface area contributed by atoms with Crippen LogP contribution >= 0.6 is 0 Å². The van der Waals surface area contributed by atoms with Crippen LogP contribution in [0, 0.1) is 5.92 Å². The van der Waals surface area contributed by atoms with Crippen molar-refractivity contribution in [3.8, 4) is 5.69 Å². The van der Waals surface area contributed by atoms with Gasteiger partial charge in [0.1, 0.15) is 5.39 Å². The van der Waals surface area contributed by atoms with Gasteiger partial charge >= 0.3 is 0 Å². The molecule has 1 fully saturated rings. The zero-order valence-corrected chi connectivity index (χ0v) is 17.6. The number of fused-ring (bicyclic) bond motifs is 1. The highest BCUT2D eigenvalue weighted by Crippen LogP contribution is 2.23. The molecule has 5 rings (SSSR count). The van der Waals surface area contributed by atoms with Gasteiger partial charge in [-0.25, -0.2) is 4.68 Å². The van der Waals surface area contributed by atoms with Gasteiger partial charge in [0, 0.05) is 25.3 Å². The van der Waals surface area contributed by atoms with Gasteiger partial charge in [-0.05, 0) is 48.6 Å². The molecule has 1 aliphatic heterocycles. The fourth-order valence-corrected chi connectivity index (χ4v) is 4.04. The Morgan fingerprint density at radius 1 is 1.03 bits per heavy atom. The lowest BCUT2D eigenvalue weighted by atomic mass is 9.99. The molecule has 7 nitrogen and oxygen atoms in total. The summed E-state index contributed by atoms with van der Waals surface area (Å²) < 4.78 is 1.68. The molecule has 31 heavy (non-hydrogen) atoms. The molecule has 0 amide bonds. The van der Waals surface area contributed by atoms with Crippen LogP contribution in [0.2, 0.25) is 0 Å². The number of anilines is 2. The Morgan fingerprint density at radius 3 is 2.52 bits per heavy atom. The van der Waals surface area contributed by atoms with E-state index in [9.17, 15) is 4.79 Å². The minimum Gasteiger partial charge on any atom is -0.372 e. The first-order valence-electron chi connectivity index (χ1n) is 10.8. The summed E-state index contributed by atoms with van der Waals surface area (Å²) >= 11 is 0. The second-order valence-electron chi connectivity index (χ2n) is 8.23. The third-order valence-electron chi connectivity index (χ3n) is 5.98. The predicted octanol–water partition coefficient (Wildman–Crippen LogP) is 3.96. The van der Waals surface area contributed by atoms with Crippen LogP contribution < -0.4 is 15.8 Å². The van der Waals surface area contributed by atoms with Gasteiger partial charge in [0.25, 0.3) is 5.56 Å². The van der Waals surface area contributed by atoms with Crippen LogP contribution in [-0.4, -0.2) is 32.8 Å². The van der Waals surface area contributed by atoms with E-state index < -0.39 is 0 Å². The molecule has 0 saturated carbocycles. The number of aromatic amines is 1. The number of nitrogens with one attached hydrogen (secondary N) is 2. The molecule has 0 radical (unpaired) electrons. The summed E-state index contributed by atoms with van der Waals surface area (Å²) in [5, 5.41) is 8.06. The third-order valence-corrected chi connectivity index (χ3v) is 5.98. The first-order chi connectivity index (χ1) is 15.2. The van der Waals surface area contributed by atoms with Crippen molar-refractivity contribution in [2.24, 2.45) is 5.92 Å². The van der Waals surface area contributed by atoms with Gasteiger partial charge in [-0.15, -0.1) is 0 Å². The van der Waals surface area contributed by atoms with Crippen molar-refractivity contribution in [3.63, 3.8) is 0 Å². The van der Waals surface area contributed by atoms with E-state index >= 15 is 0 Å². The highest BCUT2D eigenvalue weighted by Gasteiger charge is 2.16. The van der Waals surface area contributed by atoms with E-state index in [1.54, 1.807) is 10.9 Å². The standard InChI is InChI=1S/C24H26N6O/c1-17-11-13-29(14-12-17)19-9-7-18(8-10-19)15-25-24-27-22-21(23(31)28-24)16-26-30(22)20-5-3-2-4-6-20/h2-10,16-17H,11-15H2,1H3,(H2,25,27,28,31). The first kappa shape index (κ1) is 19.4. The van der Waals surface area contributed by atoms with E-state index in [4.69, 9.17) is 0 Å². The number of nitrogens with zero attached hydrogens (tertiary/aromatic N) is 4. The molecular weight excluding hydrogens is 388 g/mol. The number of rotatable bonds is 5. The Hall–Kier alpha value is -3.61. The molecule has 7 heteroatoms. The van der Waals surface area contributed by atoms with Gasteiger partial charge in [0.15, 0.2) is 5.65 Å². The van der Waals surface area contributed by atoms with Crippen molar-refractivity contribution in [2.45, 2.75) is 26.3 Å². The summed E-state index contributed by atoms with van der Waals surface area (Å²) in [4.78, 5) is 22.4. The highest BCUT2D eigenvalue weighted by molar-refractivity contribution is 5.76. The van der Waals surface area contributed by atoms with Crippen LogP contribution in [0.25, 0.3) is 16.7 Å².